The quantitative estimate of drug-likeness (QED) is 0.643. The number of hydrogen-bond acceptors (Lipinski definition) is 2. The van der Waals surface area contributed by atoms with Crippen molar-refractivity contribution in [2.45, 2.75) is 6.92 Å². The molecule has 0 aromatic carbocycles. The molecule has 0 unspecified atom stereocenters. The monoisotopic (exact) mass is 155 g/mol. The van der Waals surface area contributed by atoms with E-state index in [-0.39, 0.29) is 0 Å². The van der Waals surface area contributed by atoms with Crippen molar-refractivity contribution >= 4 is 0 Å². The third-order valence-corrected chi connectivity index (χ3v) is 1.73. The molecule has 0 aliphatic rings. The van der Waals surface area contributed by atoms with E-state index >= 15 is 0 Å². The summed E-state index contributed by atoms with van der Waals surface area (Å²) in [7, 11) is 5.23. The summed E-state index contributed by atoms with van der Waals surface area (Å²) >= 11 is 0. The fourth-order valence-corrected chi connectivity index (χ4v) is 1.20. The van der Waals surface area contributed by atoms with Crippen LogP contribution in [0.4, 0.5) is 0 Å². The van der Waals surface area contributed by atoms with Crippen molar-refractivity contribution in [2.75, 3.05) is 14.2 Å². The second-order valence-corrected chi connectivity index (χ2v) is 2.44. The summed E-state index contributed by atoms with van der Waals surface area (Å²) in [5.74, 6) is 1.71. The minimum atomic E-state index is 0.849. The Bertz CT molecular complexity index is 253. The summed E-state index contributed by atoms with van der Waals surface area (Å²) in [6.07, 6.45) is 1.90. The Kier molecular flexibility index (Phi) is 2.08. The molecule has 62 valence electrons. The van der Waals surface area contributed by atoms with Crippen molar-refractivity contribution in [2.24, 2.45) is 7.05 Å². The van der Waals surface area contributed by atoms with Crippen molar-refractivity contribution < 1.29 is 9.47 Å². The molecule has 0 aliphatic carbocycles. The van der Waals surface area contributed by atoms with Gasteiger partial charge in [-0.2, -0.15) is 0 Å². The van der Waals surface area contributed by atoms with Crippen LogP contribution >= 0.6 is 0 Å². The maximum Gasteiger partial charge on any atom is 0.199 e. The van der Waals surface area contributed by atoms with Gasteiger partial charge in [-0.25, -0.2) is 0 Å². The maximum atomic E-state index is 5.14. The minimum Gasteiger partial charge on any atom is -0.495 e. The first-order valence-corrected chi connectivity index (χ1v) is 3.44. The van der Waals surface area contributed by atoms with E-state index in [1.54, 1.807) is 14.2 Å². The van der Waals surface area contributed by atoms with Crippen molar-refractivity contribution in [3.05, 3.63) is 11.8 Å². The molecule has 0 radical (unpaired) electrons. The van der Waals surface area contributed by atoms with E-state index in [1.165, 1.54) is 0 Å². The van der Waals surface area contributed by atoms with E-state index in [2.05, 4.69) is 0 Å². The zero-order chi connectivity index (χ0) is 8.43. The molecule has 3 nitrogen and oxygen atoms in total. The van der Waals surface area contributed by atoms with Crippen LogP contribution in [0.15, 0.2) is 6.20 Å². The van der Waals surface area contributed by atoms with Crippen molar-refractivity contribution in [1.82, 2.24) is 4.57 Å². The molecule has 0 saturated heterocycles. The largest absolute Gasteiger partial charge is 0.495 e. The SMILES string of the molecule is COc1cn(C)c(OC)c1C. The summed E-state index contributed by atoms with van der Waals surface area (Å²) < 4.78 is 12.1. The lowest BCUT2D eigenvalue weighted by atomic mass is 10.3. The number of methoxy groups -OCH3 is 2. The number of aromatic nitrogens is 1. The van der Waals surface area contributed by atoms with Gasteiger partial charge < -0.3 is 14.0 Å². The number of ether oxygens (including phenoxy) is 2. The number of nitrogens with zero attached hydrogens (tertiary/aromatic N) is 1. The first-order valence-electron chi connectivity index (χ1n) is 3.44. The average molecular weight is 155 g/mol. The van der Waals surface area contributed by atoms with Gasteiger partial charge in [0.05, 0.1) is 19.8 Å². The van der Waals surface area contributed by atoms with Crippen molar-refractivity contribution in [1.29, 1.82) is 0 Å². The normalized spacial score (nSPS) is 9.82. The molecule has 0 spiro atoms. The van der Waals surface area contributed by atoms with Gasteiger partial charge in [-0.05, 0) is 6.92 Å². The van der Waals surface area contributed by atoms with Gasteiger partial charge in [-0.15, -0.1) is 0 Å². The van der Waals surface area contributed by atoms with Crippen LogP contribution in [-0.4, -0.2) is 18.8 Å². The second-order valence-electron chi connectivity index (χ2n) is 2.44. The first-order chi connectivity index (χ1) is 5.20. The number of aryl methyl sites for hydroxylation is 1. The second kappa shape index (κ2) is 2.86. The van der Waals surface area contributed by atoms with E-state index in [1.807, 2.05) is 24.7 Å². The van der Waals surface area contributed by atoms with Crippen LogP contribution in [0.5, 0.6) is 11.6 Å². The molecule has 0 N–H and O–H groups in total. The van der Waals surface area contributed by atoms with Gasteiger partial charge in [-0.1, -0.05) is 0 Å². The molecule has 1 aromatic rings. The molecular weight excluding hydrogens is 142 g/mol. The minimum absolute atomic E-state index is 0.849. The molecule has 0 saturated carbocycles. The van der Waals surface area contributed by atoms with E-state index in [0.717, 1.165) is 17.2 Å². The molecule has 0 aliphatic heterocycles. The molecule has 11 heavy (non-hydrogen) atoms. The molecular formula is C8H13NO2. The lowest BCUT2D eigenvalue weighted by Crippen LogP contribution is -1.92. The highest BCUT2D eigenvalue weighted by Gasteiger charge is 2.09. The third kappa shape index (κ3) is 1.18. The highest BCUT2D eigenvalue weighted by molar-refractivity contribution is 5.40. The Labute approximate surface area is 66.5 Å². The fraction of sp³-hybridized carbons (Fsp3) is 0.500. The Balaban J connectivity index is 3.14. The Morgan fingerprint density at radius 1 is 1.27 bits per heavy atom. The first kappa shape index (κ1) is 7.98. The van der Waals surface area contributed by atoms with Crippen LogP contribution in [0.1, 0.15) is 5.56 Å². The van der Waals surface area contributed by atoms with Gasteiger partial charge in [0, 0.05) is 13.2 Å². The van der Waals surface area contributed by atoms with Gasteiger partial charge >= 0.3 is 0 Å². The van der Waals surface area contributed by atoms with Crippen LogP contribution in [0, 0.1) is 6.92 Å². The third-order valence-electron chi connectivity index (χ3n) is 1.73. The standard InChI is InChI=1S/C8H13NO2/c1-6-7(10-3)5-9(2)8(6)11-4/h5H,1-4H3. The van der Waals surface area contributed by atoms with Gasteiger partial charge in [0.1, 0.15) is 5.75 Å². The Morgan fingerprint density at radius 3 is 2.18 bits per heavy atom. The van der Waals surface area contributed by atoms with Crippen LogP contribution in [-0.2, 0) is 7.05 Å². The summed E-state index contributed by atoms with van der Waals surface area (Å²) in [5.41, 5.74) is 1.04. The van der Waals surface area contributed by atoms with Gasteiger partial charge in [0.2, 0.25) is 0 Å². The molecule has 1 heterocycles. The van der Waals surface area contributed by atoms with Crippen LogP contribution in [0.3, 0.4) is 0 Å². The van der Waals surface area contributed by atoms with E-state index in [9.17, 15) is 0 Å². The summed E-state index contributed by atoms with van der Waals surface area (Å²) in [6, 6.07) is 0. The highest BCUT2D eigenvalue weighted by atomic mass is 16.5. The lowest BCUT2D eigenvalue weighted by molar-refractivity contribution is 0.377. The molecule has 0 fully saturated rings. The van der Waals surface area contributed by atoms with Crippen LogP contribution in [0.25, 0.3) is 0 Å². The smallest absolute Gasteiger partial charge is 0.199 e. The van der Waals surface area contributed by atoms with Gasteiger partial charge in [0.25, 0.3) is 0 Å². The maximum absolute atomic E-state index is 5.14. The fourth-order valence-electron chi connectivity index (χ4n) is 1.20. The highest BCUT2D eigenvalue weighted by Crippen LogP contribution is 2.28. The topological polar surface area (TPSA) is 23.4 Å². The molecule has 1 aromatic heterocycles. The van der Waals surface area contributed by atoms with Crippen molar-refractivity contribution in [3.63, 3.8) is 0 Å². The molecule has 0 amide bonds. The zero-order valence-corrected chi connectivity index (χ0v) is 7.34. The Hall–Kier alpha value is -1.12. The molecule has 3 heteroatoms. The van der Waals surface area contributed by atoms with E-state index in [4.69, 9.17) is 9.47 Å². The predicted molar refractivity (Wildman–Crippen MR) is 43.3 cm³/mol. The summed E-state index contributed by atoms with van der Waals surface area (Å²) in [4.78, 5) is 0. The molecule has 1 rings (SSSR count). The van der Waals surface area contributed by atoms with Crippen molar-refractivity contribution in [3.8, 4) is 11.6 Å². The predicted octanol–water partition coefficient (Wildman–Crippen LogP) is 1.35. The van der Waals surface area contributed by atoms with Gasteiger partial charge in [-0.3, -0.25) is 0 Å². The number of hydrogen-bond donors (Lipinski definition) is 0. The Morgan fingerprint density at radius 2 is 1.91 bits per heavy atom. The molecule has 0 atom stereocenters. The number of rotatable bonds is 2. The van der Waals surface area contributed by atoms with Gasteiger partial charge in [0.15, 0.2) is 5.88 Å². The summed E-state index contributed by atoms with van der Waals surface area (Å²) in [6.45, 7) is 1.97. The zero-order valence-electron chi connectivity index (χ0n) is 7.34. The summed E-state index contributed by atoms with van der Waals surface area (Å²) in [5, 5.41) is 0. The van der Waals surface area contributed by atoms with Crippen LogP contribution < -0.4 is 9.47 Å². The average Bonchev–Trinajstić information content (AvgIpc) is 2.26. The lowest BCUT2D eigenvalue weighted by Gasteiger charge is -2.00. The van der Waals surface area contributed by atoms with E-state index < -0.39 is 0 Å². The van der Waals surface area contributed by atoms with E-state index in [0.29, 0.717) is 0 Å². The van der Waals surface area contributed by atoms with Crippen LogP contribution in [0.2, 0.25) is 0 Å². The molecule has 0 bridgehead atoms.